The van der Waals surface area contributed by atoms with Gasteiger partial charge in [-0.3, -0.25) is 9.63 Å². The summed E-state index contributed by atoms with van der Waals surface area (Å²) >= 11 is 6.95. The molecule has 0 bridgehead atoms. The van der Waals surface area contributed by atoms with Gasteiger partial charge in [0.1, 0.15) is 0 Å². The Morgan fingerprint density at radius 1 is 1.75 bits per heavy atom. The zero-order valence-electron chi connectivity index (χ0n) is 6.70. The van der Waals surface area contributed by atoms with Crippen molar-refractivity contribution in [3.63, 3.8) is 0 Å². The molecule has 0 aliphatic carbocycles. The molecule has 1 heterocycles. The second-order valence-corrected chi connectivity index (χ2v) is 3.46. The van der Waals surface area contributed by atoms with Gasteiger partial charge in [-0.1, -0.05) is 11.6 Å². The molecule has 3 nitrogen and oxygen atoms in total. The van der Waals surface area contributed by atoms with E-state index in [2.05, 4.69) is 0 Å². The summed E-state index contributed by atoms with van der Waals surface area (Å²) in [4.78, 5) is 16.6. The van der Waals surface area contributed by atoms with Gasteiger partial charge in [-0.25, -0.2) is 5.06 Å². The molecule has 1 aromatic rings. The number of hydrogen-bond donors (Lipinski definition) is 0. The minimum absolute atomic E-state index is 0.186. The molecule has 0 aromatic carbocycles. The van der Waals surface area contributed by atoms with E-state index in [9.17, 15) is 4.79 Å². The van der Waals surface area contributed by atoms with Gasteiger partial charge >= 0.3 is 0 Å². The van der Waals surface area contributed by atoms with Crippen LogP contribution < -0.4 is 0 Å². The highest BCUT2D eigenvalue weighted by Crippen LogP contribution is 2.20. The maximum absolute atomic E-state index is 11.3. The first-order valence-corrected chi connectivity index (χ1v) is 4.47. The first-order valence-electron chi connectivity index (χ1n) is 3.21. The molecule has 0 fully saturated rings. The maximum atomic E-state index is 11.3. The van der Waals surface area contributed by atoms with Crippen LogP contribution in [0.1, 0.15) is 9.67 Å². The minimum atomic E-state index is -0.186. The highest BCUT2D eigenvalue weighted by Gasteiger charge is 2.12. The number of nitrogens with zero attached hydrogens (tertiary/aromatic N) is 1. The van der Waals surface area contributed by atoms with E-state index in [0.717, 1.165) is 5.06 Å². The van der Waals surface area contributed by atoms with Crippen LogP contribution >= 0.6 is 22.9 Å². The van der Waals surface area contributed by atoms with E-state index in [0.29, 0.717) is 9.90 Å². The Labute approximate surface area is 79.5 Å². The molecule has 5 heteroatoms. The van der Waals surface area contributed by atoms with Gasteiger partial charge in [0.05, 0.1) is 17.0 Å². The van der Waals surface area contributed by atoms with Crippen molar-refractivity contribution in [1.29, 1.82) is 0 Å². The van der Waals surface area contributed by atoms with Crippen LogP contribution in [0.4, 0.5) is 0 Å². The van der Waals surface area contributed by atoms with Gasteiger partial charge in [0.2, 0.25) is 0 Å². The highest BCUT2D eigenvalue weighted by atomic mass is 35.5. The quantitative estimate of drug-likeness (QED) is 0.692. The van der Waals surface area contributed by atoms with Crippen molar-refractivity contribution in [2.45, 2.75) is 0 Å². The summed E-state index contributed by atoms with van der Waals surface area (Å²) in [6, 6.07) is 1.62. The van der Waals surface area contributed by atoms with Gasteiger partial charge < -0.3 is 0 Å². The summed E-state index contributed by atoms with van der Waals surface area (Å²) < 4.78 is 0. The van der Waals surface area contributed by atoms with Crippen LogP contribution in [0, 0.1) is 0 Å². The Balaban J connectivity index is 2.78. The second-order valence-electron chi connectivity index (χ2n) is 2.11. The third-order valence-electron chi connectivity index (χ3n) is 1.34. The van der Waals surface area contributed by atoms with Crippen molar-refractivity contribution in [3.05, 3.63) is 21.3 Å². The van der Waals surface area contributed by atoms with Crippen LogP contribution in [-0.4, -0.2) is 25.1 Å². The van der Waals surface area contributed by atoms with Crippen molar-refractivity contribution >= 4 is 28.8 Å². The van der Waals surface area contributed by atoms with Crippen molar-refractivity contribution in [2.24, 2.45) is 0 Å². The van der Waals surface area contributed by atoms with Crippen molar-refractivity contribution in [2.75, 3.05) is 14.2 Å². The Morgan fingerprint density at radius 2 is 2.42 bits per heavy atom. The zero-order valence-corrected chi connectivity index (χ0v) is 8.28. The number of carbonyl (C=O) groups excluding carboxylic acids is 1. The third-order valence-corrected chi connectivity index (χ3v) is 2.60. The normalized spacial score (nSPS) is 9.92. The Bertz CT molecular complexity index is 287. The fourth-order valence-corrected chi connectivity index (χ4v) is 1.70. The van der Waals surface area contributed by atoms with E-state index < -0.39 is 0 Å². The van der Waals surface area contributed by atoms with E-state index in [4.69, 9.17) is 16.4 Å². The number of hydroxylamine groups is 2. The van der Waals surface area contributed by atoms with Crippen molar-refractivity contribution < 1.29 is 9.63 Å². The maximum Gasteiger partial charge on any atom is 0.287 e. The molecule has 0 spiro atoms. The van der Waals surface area contributed by atoms with Gasteiger partial charge in [0, 0.05) is 12.4 Å². The molecule has 0 saturated carbocycles. The predicted molar refractivity (Wildman–Crippen MR) is 48.4 cm³/mol. The molecule has 0 aliphatic heterocycles. The first kappa shape index (κ1) is 9.51. The number of halogens is 1. The average Bonchev–Trinajstić information content (AvgIpc) is 2.49. The molecular weight excluding hydrogens is 198 g/mol. The number of thiophene rings is 1. The van der Waals surface area contributed by atoms with E-state index in [1.165, 1.54) is 18.4 Å². The van der Waals surface area contributed by atoms with E-state index in [-0.39, 0.29) is 5.91 Å². The Morgan fingerprint density at radius 3 is 2.83 bits per heavy atom. The lowest BCUT2D eigenvalue weighted by Gasteiger charge is -2.11. The topological polar surface area (TPSA) is 29.5 Å². The number of rotatable bonds is 2. The fourth-order valence-electron chi connectivity index (χ4n) is 0.663. The second kappa shape index (κ2) is 3.89. The summed E-state index contributed by atoms with van der Waals surface area (Å²) in [7, 11) is 2.99. The zero-order chi connectivity index (χ0) is 9.14. The van der Waals surface area contributed by atoms with Gasteiger partial charge in [0.25, 0.3) is 5.91 Å². The van der Waals surface area contributed by atoms with E-state index in [1.807, 2.05) is 0 Å². The lowest BCUT2D eigenvalue weighted by molar-refractivity contribution is -0.0753. The number of amides is 1. The molecule has 1 rings (SSSR count). The molecule has 0 unspecified atom stereocenters. The summed E-state index contributed by atoms with van der Waals surface area (Å²) in [5.74, 6) is -0.186. The largest absolute Gasteiger partial charge is 0.287 e. The van der Waals surface area contributed by atoms with Crippen LogP contribution in [0.25, 0.3) is 0 Å². The van der Waals surface area contributed by atoms with Crippen molar-refractivity contribution in [3.8, 4) is 0 Å². The van der Waals surface area contributed by atoms with Crippen LogP contribution in [0.15, 0.2) is 11.4 Å². The van der Waals surface area contributed by atoms with Crippen LogP contribution in [0.5, 0.6) is 0 Å². The molecule has 1 aromatic heterocycles. The van der Waals surface area contributed by atoms with Gasteiger partial charge in [-0.2, -0.15) is 0 Å². The van der Waals surface area contributed by atoms with Gasteiger partial charge in [-0.05, 0) is 6.07 Å². The third kappa shape index (κ3) is 1.97. The van der Waals surface area contributed by atoms with E-state index >= 15 is 0 Å². The summed E-state index contributed by atoms with van der Waals surface area (Å²) in [5, 5.41) is 3.44. The highest BCUT2D eigenvalue weighted by molar-refractivity contribution is 7.12. The van der Waals surface area contributed by atoms with Gasteiger partial charge in [-0.15, -0.1) is 11.3 Å². The molecule has 0 saturated heterocycles. The fraction of sp³-hybridized carbons (Fsp3) is 0.286. The average molecular weight is 206 g/mol. The molecular formula is C7H8ClNO2S. The molecule has 1 amide bonds. The summed E-state index contributed by atoms with van der Waals surface area (Å²) in [6.07, 6.45) is 0. The molecule has 0 radical (unpaired) electrons. The monoisotopic (exact) mass is 205 g/mol. The summed E-state index contributed by atoms with van der Waals surface area (Å²) in [5.41, 5.74) is 0. The van der Waals surface area contributed by atoms with Crippen molar-refractivity contribution in [1.82, 2.24) is 5.06 Å². The molecule has 0 atom stereocenters. The first-order chi connectivity index (χ1) is 5.65. The SMILES string of the molecule is CON(C)C(=O)c1cc(Cl)cs1. The molecule has 12 heavy (non-hydrogen) atoms. The molecule has 0 aliphatic rings. The number of hydrogen-bond acceptors (Lipinski definition) is 3. The van der Waals surface area contributed by atoms with Crippen LogP contribution in [0.3, 0.4) is 0 Å². The lowest BCUT2D eigenvalue weighted by Crippen LogP contribution is -2.24. The molecule has 66 valence electrons. The number of carbonyl (C=O) groups is 1. The smallest absolute Gasteiger partial charge is 0.274 e. The van der Waals surface area contributed by atoms with Crippen LogP contribution in [0.2, 0.25) is 5.02 Å². The van der Waals surface area contributed by atoms with Gasteiger partial charge in [0.15, 0.2) is 0 Å². The Kier molecular flexibility index (Phi) is 3.08. The minimum Gasteiger partial charge on any atom is -0.274 e. The Hall–Kier alpha value is -0.580. The molecule has 0 N–H and O–H groups in total. The predicted octanol–water partition coefficient (Wildman–Crippen LogP) is 2.03. The van der Waals surface area contributed by atoms with Crippen LogP contribution in [-0.2, 0) is 4.84 Å². The standard InChI is InChI=1S/C7H8ClNO2S/c1-9(11-2)7(10)6-3-5(8)4-12-6/h3-4H,1-2H3. The van der Waals surface area contributed by atoms with E-state index in [1.54, 1.807) is 18.5 Å². The lowest BCUT2D eigenvalue weighted by atomic mass is 10.4. The summed E-state index contributed by atoms with van der Waals surface area (Å²) in [6.45, 7) is 0.